The lowest BCUT2D eigenvalue weighted by atomic mass is 10.3. The molecule has 0 aliphatic carbocycles. The molecule has 0 radical (unpaired) electrons. The van der Waals surface area contributed by atoms with Gasteiger partial charge in [-0.25, -0.2) is 9.37 Å². The number of amides is 1. The van der Waals surface area contributed by atoms with E-state index in [9.17, 15) is 9.18 Å². The van der Waals surface area contributed by atoms with Gasteiger partial charge in [-0.1, -0.05) is 0 Å². The van der Waals surface area contributed by atoms with E-state index >= 15 is 0 Å². The maximum Gasteiger partial charge on any atom is 0.223 e. The van der Waals surface area contributed by atoms with E-state index in [2.05, 4.69) is 10.3 Å². The molecule has 2 aromatic rings. The molecule has 0 saturated carbocycles. The van der Waals surface area contributed by atoms with E-state index in [1.807, 2.05) is 5.38 Å². The van der Waals surface area contributed by atoms with Crippen LogP contribution in [0.4, 0.5) is 15.2 Å². The Bertz CT molecular complexity index is 600. The first-order chi connectivity index (χ1) is 9.04. The third-order valence-electron chi connectivity index (χ3n) is 2.19. The number of nitrogen functional groups attached to an aromatic ring is 1. The molecule has 0 fully saturated rings. The fraction of sp³-hybridized carbons (Fsp3) is 0.167. The number of rotatable bonds is 4. The van der Waals surface area contributed by atoms with Crippen LogP contribution in [0.1, 0.15) is 12.6 Å². The Balaban J connectivity index is 2.00. The van der Waals surface area contributed by atoms with Gasteiger partial charge in [0.25, 0.3) is 0 Å². The summed E-state index contributed by atoms with van der Waals surface area (Å²) in [5.74, 6) is 0.112. The van der Waals surface area contributed by atoms with Gasteiger partial charge in [-0.05, 0) is 18.2 Å². The van der Waals surface area contributed by atoms with Crippen molar-refractivity contribution in [1.29, 1.82) is 0 Å². The highest BCUT2D eigenvalue weighted by Crippen LogP contribution is 2.29. The molecule has 7 heteroatoms. The van der Waals surface area contributed by atoms with Crippen LogP contribution in [0.2, 0.25) is 0 Å². The zero-order valence-electron chi connectivity index (χ0n) is 10.1. The molecule has 19 heavy (non-hydrogen) atoms. The minimum absolute atomic E-state index is 0.150. The summed E-state index contributed by atoms with van der Waals surface area (Å²) in [4.78, 5) is 15.8. The van der Waals surface area contributed by atoms with Crippen molar-refractivity contribution >= 4 is 39.8 Å². The van der Waals surface area contributed by atoms with Crippen molar-refractivity contribution in [2.24, 2.45) is 0 Å². The zero-order chi connectivity index (χ0) is 13.8. The van der Waals surface area contributed by atoms with E-state index in [1.165, 1.54) is 42.2 Å². The largest absolute Gasteiger partial charge is 0.398 e. The van der Waals surface area contributed by atoms with Crippen LogP contribution in [0, 0.1) is 5.82 Å². The summed E-state index contributed by atoms with van der Waals surface area (Å²) in [6, 6.07) is 4.28. The molecule has 1 heterocycles. The Morgan fingerprint density at radius 2 is 2.37 bits per heavy atom. The third kappa shape index (κ3) is 3.93. The minimum Gasteiger partial charge on any atom is -0.398 e. The van der Waals surface area contributed by atoms with Crippen molar-refractivity contribution in [3.8, 4) is 0 Å². The maximum atomic E-state index is 13.1. The lowest BCUT2D eigenvalue weighted by molar-refractivity contribution is -0.114. The van der Waals surface area contributed by atoms with Gasteiger partial charge in [0.15, 0.2) is 5.13 Å². The van der Waals surface area contributed by atoms with Gasteiger partial charge in [0.2, 0.25) is 5.91 Å². The molecule has 2 rings (SSSR count). The SMILES string of the molecule is CC(=O)Nc1nc(CSc2cc(F)ccc2N)cs1. The van der Waals surface area contributed by atoms with Crippen molar-refractivity contribution < 1.29 is 9.18 Å². The second kappa shape index (κ2) is 6.03. The van der Waals surface area contributed by atoms with Crippen molar-refractivity contribution in [3.05, 3.63) is 35.1 Å². The zero-order valence-corrected chi connectivity index (χ0v) is 11.8. The number of hydrogen-bond acceptors (Lipinski definition) is 5. The highest BCUT2D eigenvalue weighted by atomic mass is 32.2. The Labute approximate surface area is 118 Å². The lowest BCUT2D eigenvalue weighted by Gasteiger charge is -2.03. The first-order valence-corrected chi connectivity index (χ1v) is 7.31. The molecule has 0 atom stereocenters. The molecule has 1 aromatic carbocycles. The van der Waals surface area contributed by atoms with E-state index in [-0.39, 0.29) is 11.7 Å². The van der Waals surface area contributed by atoms with Crippen LogP contribution in [0.3, 0.4) is 0 Å². The molecular formula is C12H12FN3OS2. The number of halogens is 1. The Morgan fingerprint density at radius 1 is 1.58 bits per heavy atom. The van der Waals surface area contributed by atoms with Crippen molar-refractivity contribution in [2.75, 3.05) is 11.1 Å². The number of nitrogens with two attached hydrogens (primary N) is 1. The highest BCUT2D eigenvalue weighted by molar-refractivity contribution is 7.98. The second-order valence-corrected chi connectivity index (χ2v) is 5.67. The number of carbonyl (C=O) groups excluding carboxylic acids is 1. The van der Waals surface area contributed by atoms with Crippen LogP contribution in [-0.4, -0.2) is 10.9 Å². The summed E-state index contributed by atoms with van der Waals surface area (Å²) >= 11 is 2.77. The van der Waals surface area contributed by atoms with Crippen LogP contribution < -0.4 is 11.1 Å². The predicted molar refractivity (Wildman–Crippen MR) is 76.8 cm³/mol. The summed E-state index contributed by atoms with van der Waals surface area (Å²) in [6.45, 7) is 1.43. The molecule has 0 unspecified atom stereocenters. The Kier molecular flexibility index (Phi) is 4.39. The van der Waals surface area contributed by atoms with Crippen LogP contribution in [0.5, 0.6) is 0 Å². The fourth-order valence-corrected chi connectivity index (χ4v) is 3.11. The Hall–Kier alpha value is -1.60. The molecule has 0 saturated heterocycles. The molecule has 0 aliphatic heterocycles. The summed E-state index contributed by atoms with van der Waals surface area (Å²) < 4.78 is 13.1. The maximum absolute atomic E-state index is 13.1. The van der Waals surface area contributed by atoms with Crippen LogP contribution in [0.15, 0.2) is 28.5 Å². The number of nitrogens with one attached hydrogen (secondary N) is 1. The summed E-state index contributed by atoms with van der Waals surface area (Å²) in [6.07, 6.45) is 0. The van der Waals surface area contributed by atoms with E-state index in [4.69, 9.17) is 5.73 Å². The average Bonchev–Trinajstić information content (AvgIpc) is 2.77. The summed E-state index contributed by atoms with van der Waals surface area (Å²) in [7, 11) is 0. The summed E-state index contributed by atoms with van der Waals surface area (Å²) in [5.41, 5.74) is 7.13. The van der Waals surface area contributed by atoms with Crippen LogP contribution in [-0.2, 0) is 10.5 Å². The van der Waals surface area contributed by atoms with Gasteiger partial charge in [0, 0.05) is 28.6 Å². The number of nitrogens with zero attached hydrogens (tertiary/aromatic N) is 1. The minimum atomic E-state index is -0.311. The number of carbonyl (C=O) groups is 1. The number of anilines is 2. The fourth-order valence-electron chi connectivity index (χ4n) is 1.37. The molecule has 100 valence electrons. The van der Waals surface area contributed by atoms with Crippen molar-refractivity contribution in [3.63, 3.8) is 0 Å². The van der Waals surface area contributed by atoms with E-state index in [1.54, 1.807) is 6.07 Å². The van der Waals surface area contributed by atoms with E-state index < -0.39 is 0 Å². The van der Waals surface area contributed by atoms with Crippen LogP contribution >= 0.6 is 23.1 Å². The van der Waals surface area contributed by atoms with Crippen LogP contribution in [0.25, 0.3) is 0 Å². The van der Waals surface area contributed by atoms with Gasteiger partial charge < -0.3 is 11.1 Å². The topological polar surface area (TPSA) is 68.0 Å². The van der Waals surface area contributed by atoms with Gasteiger partial charge in [-0.15, -0.1) is 23.1 Å². The molecule has 1 amide bonds. The average molecular weight is 297 g/mol. The van der Waals surface area contributed by atoms with Gasteiger partial charge in [0.05, 0.1) is 5.69 Å². The second-order valence-electron chi connectivity index (χ2n) is 3.80. The standard InChI is InChI=1S/C12H12FN3OS2/c1-7(17)15-12-16-9(6-19-12)5-18-11-4-8(13)2-3-10(11)14/h2-4,6H,5,14H2,1H3,(H,15,16,17). The normalized spacial score (nSPS) is 10.4. The van der Waals surface area contributed by atoms with Crippen molar-refractivity contribution in [1.82, 2.24) is 4.98 Å². The third-order valence-corrected chi connectivity index (χ3v) is 4.10. The van der Waals surface area contributed by atoms with E-state index in [0.717, 1.165) is 5.69 Å². The monoisotopic (exact) mass is 297 g/mol. The van der Waals surface area contributed by atoms with Gasteiger partial charge in [0.1, 0.15) is 5.82 Å². The Morgan fingerprint density at radius 3 is 3.11 bits per heavy atom. The van der Waals surface area contributed by atoms with Gasteiger partial charge in [-0.3, -0.25) is 4.79 Å². The smallest absolute Gasteiger partial charge is 0.223 e. The first kappa shape index (κ1) is 13.8. The number of thiazole rings is 1. The molecule has 0 aliphatic rings. The van der Waals surface area contributed by atoms with Gasteiger partial charge >= 0.3 is 0 Å². The molecule has 0 bridgehead atoms. The highest BCUT2D eigenvalue weighted by Gasteiger charge is 2.06. The quantitative estimate of drug-likeness (QED) is 0.672. The van der Waals surface area contributed by atoms with Crippen molar-refractivity contribution in [2.45, 2.75) is 17.6 Å². The number of aromatic nitrogens is 1. The number of benzene rings is 1. The molecule has 3 N–H and O–H groups in total. The molecular weight excluding hydrogens is 285 g/mol. The molecule has 1 aromatic heterocycles. The van der Waals surface area contributed by atoms with E-state index in [0.29, 0.717) is 21.5 Å². The lowest BCUT2D eigenvalue weighted by Crippen LogP contribution is -2.05. The first-order valence-electron chi connectivity index (χ1n) is 5.44. The predicted octanol–water partition coefficient (Wildman–Crippen LogP) is 3.12. The van der Waals surface area contributed by atoms with Gasteiger partial charge in [-0.2, -0.15) is 0 Å². The number of hydrogen-bond donors (Lipinski definition) is 2. The number of thioether (sulfide) groups is 1. The molecule has 4 nitrogen and oxygen atoms in total. The molecule has 0 spiro atoms. The summed E-state index contributed by atoms with van der Waals surface area (Å²) in [5, 5.41) is 5.04.